The summed E-state index contributed by atoms with van der Waals surface area (Å²) in [6, 6.07) is 5.02. The highest BCUT2D eigenvalue weighted by atomic mass is 79.9. The number of aliphatic carboxylic acids is 1. The molecule has 92 valence electrons. The summed E-state index contributed by atoms with van der Waals surface area (Å²) in [6.45, 7) is 0.639. The van der Waals surface area contributed by atoms with Crippen molar-refractivity contribution < 1.29 is 9.90 Å². The molecule has 0 fully saturated rings. The van der Waals surface area contributed by atoms with Gasteiger partial charge in [-0.1, -0.05) is 31.9 Å². The third kappa shape index (κ3) is 2.48. The molecule has 4 nitrogen and oxygen atoms in total. The number of hydrogen-bond donors (Lipinski definition) is 3. The standard InChI is InChI=1S/C11H12Br2N2O2/c12-6-1-2-9-7(3-6)11(13,5-15-9)4-8(14)10(16)17/h1-3,8,15H,4-5,14H2,(H,16,17)/t8-,11?/m0/s1. The average molecular weight is 364 g/mol. The fourth-order valence-corrected chi connectivity index (χ4v) is 3.17. The minimum absolute atomic E-state index is 0.346. The van der Waals surface area contributed by atoms with Crippen molar-refractivity contribution in [1.82, 2.24) is 0 Å². The molecule has 0 aliphatic carbocycles. The van der Waals surface area contributed by atoms with Crippen molar-refractivity contribution in [2.24, 2.45) is 5.73 Å². The smallest absolute Gasteiger partial charge is 0.320 e. The van der Waals surface area contributed by atoms with Crippen LogP contribution in [0.2, 0.25) is 0 Å². The molecule has 2 atom stereocenters. The summed E-state index contributed by atoms with van der Waals surface area (Å²) in [5.74, 6) is -0.979. The molecule has 0 radical (unpaired) electrons. The highest BCUT2D eigenvalue weighted by molar-refractivity contribution is 9.10. The zero-order chi connectivity index (χ0) is 12.6. The van der Waals surface area contributed by atoms with Gasteiger partial charge in [0.25, 0.3) is 0 Å². The number of nitrogens with one attached hydrogen (secondary N) is 1. The first-order valence-electron chi connectivity index (χ1n) is 5.13. The van der Waals surface area contributed by atoms with Crippen molar-refractivity contribution in [1.29, 1.82) is 0 Å². The minimum Gasteiger partial charge on any atom is -0.480 e. The van der Waals surface area contributed by atoms with Gasteiger partial charge in [-0.05, 0) is 30.2 Å². The second-order valence-corrected chi connectivity index (χ2v) is 6.59. The lowest BCUT2D eigenvalue weighted by atomic mass is 9.94. The van der Waals surface area contributed by atoms with E-state index in [1.54, 1.807) is 0 Å². The number of halogens is 2. The Morgan fingerprint density at radius 2 is 2.35 bits per heavy atom. The van der Waals surface area contributed by atoms with Gasteiger partial charge < -0.3 is 16.2 Å². The summed E-state index contributed by atoms with van der Waals surface area (Å²) in [5, 5.41) is 12.1. The monoisotopic (exact) mass is 362 g/mol. The summed E-state index contributed by atoms with van der Waals surface area (Å²) in [5.41, 5.74) is 7.67. The molecule has 6 heteroatoms. The second kappa shape index (κ2) is 4.59. The van der Waals surface area contributed by atoms with E-state index in [1.165, 1.54) is 0 Å². The van der Waals surface area contributed by atoms with Crippen LogP contribution in [0.1, 0.15) is 12.0 Å². The Hall–Kier alpha value is -0.590. The Morgan fingerprint density at radius 3 is 3.00 bits per heavy atom. The molecule has 0 aromatic heterocycles. The first kappa shape index (κ1) is 12.9. The molecule has 1 aromatic carbocycles. The normalized spacial score (nSPS) is 23.9. The van der Waals surface area contributed by atoms with E-state index >= 15 is 0 Å². The van der Waals surface area contributed by atoms with Gasteiger partial charge in [-0.2, -0.15) is 0 Å². The molecule has 1 heterocycles. The van der Waals surface area contributed by atoms with Crippen molar-refractivity contribution in [3.63, 3.8) is 0 Å². The molecule has 0 amide bonds. The molecule has 0 saturated heterocycles. The molecule has 17 heavy (non-hydrogen) atoms. The fourth-order valence-electron chi connectivity index (χ4n) is 1.99. The molecule has 1 aromatic rings. The Labute approximate surface area is 116 Å². The van der Waals surface area contributed by atoms with Gasteiger partial charge in [-0.3, -0.25) is 4.79 Å². The number of anilines is 1. The van der Waals surface area contributed by atoms with Crippen LogP contribution in [0.15, 0.2) is 22.7 Å². The predicted octanol–water partition coefficient (Wildman–Crippen LogP) is 2.27. The molecule has 1 aliphatic rings. The number of nitrogens with two attached hydrogens (primary N) is 1. The molecule has 0 spiro atoms. The van der Waals surface area contributed by atoms with Gasteiger partial charge in [-0.25, -0.2) is 0 Å². The summed E-state index contributed by atoms with van der Waals surface area (Å²) in [4.78, 5) is 10.8. The van der Waals surface area contributed by atoms with E-state index in [9.17, 15) is 4.79 Å². The van der Waals surface area contributed by atoms with Crippen molar-refractivity contribution in [3.8, 4) is 0 Å². The van der Waals surface area contributed by atoms with Gasteiger partial charge in [-0.15, -0.1) is 0 Å². The van der Waals surface area contributed by atoms with E-state index in [0.29, 0.717) is 13.0 Å². The fraction of sp³-hybridized carbons (Fsp3) is 0.364. The van der Waals surface area contributed by atoms with Crippen LogP contribution in [0, 0.1) is 0 Å². The van der Waals surface area contributed by atoms with Gasteiger partial charge in [0.15, 0.2) is 0 Å². The number of benzene rings is 1. The van der Waals surface area contributed by atoms with Crippen LogP contribution in [0.4, 0.5) is 5.69 Å². The van der Waals surface area contributed by atoms with Crippen molar-refractivity contribution in [2.45, 2.75) is 16.8 Å². The maximum absolute atomic E-state index is 10.8. The van der Waals surface area contributed by atoms with E-state index in [1.807, 2.05) is 18.2 Å². The lowest BCUT2D eigenvalue weighted by Crippen LogP contribution is -2.37. The Balaban J connectivity index is 2.30. The third-order valence-corrected chi connectivity index (χ3v) is 4.41. The number of carboxylic acids is 1. The Kier molecular flexibility index (Phi) is 3.47. The van der Waals surface area contributed by atoms with Gasteiger partial charge in [0.1, 0.15) is 6.04 Å². The van der Waals surface area contributed by atoms with Gasteiger partial charge >= 0.3 is 5.97 Å². The average Bonchev–Trinajstić information content (AvgIpc) is 2.56. The van der Waals surface area contributed by atoms with E-state index < -0.39 is 16.3 Å². The Bertz CT molecular complexity index is 467. The minimum atomic E-state index is -0.979. The first-order valence-corrected chi connectivity index (χ1v) is 6.72. The predicted molar refractivity (Wildman–Crippen MR) is 73.5 cm³/mol. The van der Waals surface area contributed by atoms with Crippen molar-refractivity contribution in [2.75, 3.05) is 11.9 Å². The zero-order valence-electron chi connectivity index (χ0n) is 8.91. The number of carbonyl (C=O) groups is 1. The van der Waals surface area contributed by atoms with E-state index in [4.69, 9.17) is 10.8 Å². The summed E-state index contributed by atoms with van der Waals surface area (Å²) in [7, 11) is 0. The van der Waals surface area contributed by atoms with Gasteiger partial charge in [0.05, 0.1) is 4.32 Å². The topological polar surface area (TPSA) is 75.3 Å². The van der Waals surface area contributed by atoms with Crippen LogP contribution >= 0.6 is 31.9 Å². The summed E-state index contributed by atoms with van der Waals surface area (Å²) in [6.07, 6.45) is 0.346. The molecule has 1 unspecified atom stereocenters. The lowest BCUT2D eigenvalue weighted by molar-refractivity contribution is -0.138. The molecule has 0 bridgehead atoms. The highest BCUT2D eigenvalue weighted by Gasteiger charge is 2.39. The van der Waals surface area contributed by atoms with Crippen LogP contribution < -0.4 is 11.1 Å². The second-order valence-electron chi connectivity index (χ2n) is 4.16. The maximum atomic E-state index is 10.8. The first-order chi connectivity index (χ1) is 7.92. The van der Waals surface area contributed by atoms with Crippen LogP contribution in [-0.4, -0.2) is 23.7 Å². The molecule has 0 saturated carbocycles. The number of rotatable bonds is 3. The molecule has 2 rings (SSSR count). The molecule has 4 N–H and O–H groups in total. The molecular weight excluding hydrogens is 352 g/mol. The largest absolute Gasteiger partial charge is 0.480 e. The van der Waals surface area contributed by atoms with Crippen LogP contribution in [0.25, 0.3) is 0 Å². The van der Waals surface area contributed by atoms with E-state index in [0.717, 1.165) is 15.7 Å². The number of alkyl halides is 1. The number of carboxylic acid groups (broad SMARTS) is 1. The quantitative estimate of drug-likeness (QED) is 0.720. The number of hydrogen-bond acceptors (Lipinski definition) is 3. The van der Waals surface area contributed by atoms with Crippen molar-refractivity contribution >= 4 is 43.5 Å². The van der Waals surface area contributed by atoms with E-state index in [2.05, 4.69) is 37.2 Å². The summed E-state index contributed by atoms with van der Waals surface area (Å²) >= 11 is 7.04. The molecular formula is C11H12Br2N2O2. The maximum Gasteiger partial charge on any atom is 0.320 e. The van der Waals surface area contributed by atoms with Crippen LogP contribution in [0.5, 0.6) is 0 Å². The summed E-state index contributed by atoms with van der Waals surface area (Å²) < 4.78 is 0.553. The van der Waals surface area contributed by atoms with Crippen molar-refractivity contribution in [3.05, 3.63) is 28.2 Å². The SMILES string of the molecule is N[C@@H](CC1(Br)CNc2ccc(Br)cc21)C(=O)O. The molecule has 1 aliphatic heterocycles. The highest BCUT2D eigenvalue weighted by Crippen LogP contribution is 2.45. The van der Waals surface area contributed by atoms with Gasteiger partial charge in [0, 0.05) is 16.7 Å². The Morgan fingerprint density at radius 1 is 1.65 bits per heavy atom. The zero-order valence-corrected chi connectivity index (χ0v) is 12.1. The third-order valence-electron chi connectivity index (χ3n) is 2.88. The van der Waals surface area contributed by atoms with E-state index in [-0.39, 0.29) is 0 Å². The van der Waals surface area contributed by atoms with Gasteiger partial charge in [0.2, 0.25) is 0 Å². The number of fused-ring (bicyclic) bond motifs is 1. The lowest BCUT2D eigenvalue weighted by Gasteiger charge is -2.24. The van der Waals surface area contributed by atoms with Crippen LogP contribution in [-0.2, 0) is 9.12 Å². The van der Waals surface area contributed by atoms with Crippen LogP contribution in [0.3, 0.4) is 0 Å².